The van der Waals surface area contributed by atoms with Gasteiger partial charge in [0.15, 0.2) is 5.13 Å². The highest BCUT2D eigenvalue weighted by Crippen LogP contribution is 2.35. The Morgan fingerprint density at radius 1 is 1.39 bits per heavy atom. The third kappa shape index (κ3) is 4.18. The first-order chi connectivity index (χ1) is 13.2. The van der Waals surface area contributed by atoms with Crippen molar-refractivity contribution in [3.63, 3.8) is 0 Å². The number of hydrogen-bond donors (Lipinski definition) is 3. The second-order valence-corrected chi connectivity index (χ2v) is 8.02. The molecule has 2 atom stereocenters. The quantitative estimate of drug-likeness (QED) is 0.611. The number of aryl methyl sites for hydroxylation is 2. The second-order valence-electron chi connectivity index (χ2n) is 6.32. The Morgan fingerprint density at radius 3 is 2.68 bits per heavy atom. The highest BCUT2D eigenvalue weighted by molar-refractivity contribution is 7.17. The number of ether oxygens (including phenoxy) is 1. The summed E-state index contributed by atoms with van der Waals surface area (Å²) in [7, 11) is 0. The standard InChI is InChI=1S/C16H17Cl2FN4O4S/c1-6-10(17)11(18)12(20-6)13(24)22-9-3-4-23(5-8(9)19)15-21-7(2)14(28-15)27-16(25)26/h8-9,20H,3-5H2,1-2H3,(H,22,24)(H,25,26)/t8-,9+/m0/s1. The zero-order valence-corrected chi connectivity index (χ0v) is 17.2. The van der Waals surface area contributed by atoms with Gasteiger partial charge in [0.2, 0.25) is 5.06 Å². The van der Waals surface area contributed by atoms with Gasteiger partial charge in [-0.05, 0) is 20.3 Å². The summed E-state index contributed by atoms with van der Waals surface area (Å²) in [6.07, 6.45) is -2.44. The predicted molar refractivity (Wildman–Crippen MR) is 104 cm³/mol. The van der Waals surface area contributed by atoms with Crippen molar-refractivity contribution in [2.45, 2.75) is 32.5 Å². The van der Waals surface area contributed by atoms with Crippen LogP contribution >= 0.6 is 34.5 Å². The van der Waals surface area contributed by atoms with Gasteiger partial charge in [-0.15, -0.1) is 0 Å². The van der Waals surface area contributed by atoms with Gasteiger partial charge in [0.05, 0.1) is 28.3 Å². The number of hydrogen-bond acceptors (Lipinski definition) is 6. The zero-order valence-electron chi connectivity index (χ0n) is 14.9. The van der Waals surface area contributed by atoms with Gasteiger partial charge in [-0.1, -0.05) is 34.5 Å². The molecule has 1 saturated heterocycles. The average molecular weight is 451 g/mol. The molecule has 3 heterocycles. The van der Waals surface area contributed by atoms with Crippen molar-refractivity contribution in [1.82, 2.24) is 15.3 Å². The van der Waals surface area contributed by atoms with Crippen LogP contribution in [0.25, 0.3) is 0 Å². The molecule has 3 N–H and O–H groups in total. The smallest absolute Gasteiger partial charge is 0.449 e. The van der Waals surface area contributed by atoms with E-state index in [-0.39, 0.29) is 27.3 Å². The molecule has 1 aliphatic heterocycles. The van der Waals surface area contributed by atoms with Crippen LogP contribution in [0.15, 0.2) is 0 Å². The minimum Gasteiger partial charge on any atom is -0.449 e. The number of nitrogens with one attached hydrogen (secondary N) is 2. The first-order valence-corrected chi connectivity index (χ1v) is 9.86. The van der Waals surface area contributed by atoms with Crippen molar-refractivity contribution in [2.75, 3.05) is 18.0 Å². The summed E-state index contributed by atoms with van der Waals surface area (Å²) in [5, 5.41) is 12.4. The number of carboxylic acid groups (broad SMARTS) is 1. The fourth-order valence-electron chi connectivity index (χ4n) is 2.89. The second kappa shape index (κ2) is 8.14. The summed E-state index contributed by atoms with van der Waals surface area (Å²) in [5.41, 5.74) is 1.08. The number of amides is 1. The Bertz CT molecular complexity index is 919. The van der Waals surface area contributed by atoms with E-state index in [1.165, 1.54) is 0 Å². The average Bonchev–Trinajstić information content (AvgIpc) is 3.11. The topological polar surface area (TPSA) is 108 Å². The lowest BCUT2D eigenvalue weighted by Gasteiger charge is -2.34. The molecule has 2 aromatic rings. The molecule has 0 spiro atoms. The van der Waals surface area contributed by atoms with Crippen LogP contribution in [0.3, 0.4) is 0 Å². The van der Waals surface area contributed by atoms with Gasteiger partial charge in [-0.3, -0.25) is 4.79 Å². The molecule has 3 rings (SSSR count). The number of anilines is 1. The SMILES string of the molecule is Cc1nc(N2CC[C@@H](NC(=O)c3[nH]c(C)c(Cl)c3Cl)[C@@H](F)C2)sc1OC(=O)O. The van der Waals surface area contributed by atoms with Gasteiger partial charge >= 0.3 is 6.16 Å². The maximum absolute atomic E-state index is 14.7. The van der Waals surface area contributed by atoms with Crippen LogP contribution < -0.4 is 15.0 Å². The molecule has 2 aromatic heterocycles. The Labute approximate surface area is 173 Å². The number of nitrogens with zero attached hydrogens (tertiary/aromatic N) is 2. The van der Waals surface area contributed by atoms with E-state index < -0.39 is 24.3 Å². The summed E-state index contributed by atoms with van der Waals surface area (Å²) in [6, 6.07) is -0.696. The summed E-state index contributed by atoms with van der Waals surface area (Å²) in [4.78, 5) is 31.8. The number of aromatic nitrogens is 2. The van der Waals surface area contributed by atoms with Crippen LogP contribution in [-0.4, -0.2) is 52.4 Å². The molecule has 12 heteroatoms. The summed E-state index contributed by atoms with van der Waals surface area (Å²) in [5.74, 6) is -0.525. The third-order valence-corrected chi connectivity index (χ3v) is 6.38. The van der Waals surface area contributed by atoms with Crippen LogP contribution in [0.4, 0.5) is 14.3 Å². The van der Waals surface area contributed by atoms with Gasteiger partial charge in [-0.25, -0.2) is 14.2 Å². The van der Waals surface area contributed by atoms with E-state index >= 15 is 0 Å². The predicted octanol–water partition coefficient (Wildman–Crippen LogP) is 3.80. The van der Waals surface area contributed by atoms with E-state index in [0.29, 0.717) is 29.5 Å². The number of thiazole rings is 1. The number of halogens is 3. The largest absolute Gasteiger partial charge is 0.512 e. The van der Waals surface area contributed by atoms with Gasteiger partial charge in [0.25, 0.3) is 5.91 Å². The summed E-state index contributed by atoms with van der Waals surface area (Å²) >= 11 is 13.0. The first kappa shape index (κ1) is 20.7. The van der Waals surface area contributed by atoms with Gasteiger partial charge in [0.1, 0.15) is 11.9 Å². The summed E-state index contributed by atoms with van der Waals surface area (Å²) < 4.78 is 19.3. The molecule has 152 valence electrons. The van der Waals surface area contributed by atoms with Crippen LogP contribution in [0, 0.1) is 13.8 Å². The molecule has 1 amide bonds. The lowest BCUT2D eigenvalue weighted by atomic mass is 10.0. The third-order valence-electron chi connectivity index (χ3n) is 4.33. The van der Waals surface area contributed by atoms with E-state index in [1.807, 2.05) is 0 Å². The van der Waals surface area contributed by atoms with Gasteiger partial charge in [-0.2, -0.15) is 0 Å². The lowest BCUT2D eigenvalue weighted by Crippen LogP contribution is -2.52. The fourth-order valence-corrected chi connectivity index (χ4v) is 4.25. The van der Waals surface area contributed by atoms with E-state index in [0.717, 1.165) is 11.3 Å². The Kier molecular flexibility index (Phi) is 6.01. The zero-order chi connectivity index (χ0) is 20.6. The van der Waals surface area contributed by atoms with Crippen molar-refractivity contribution < 1.29 is 23.8 Å². The first-order valence-electron chi connectivity index (χ1n) is 8.29. The molecule has 0 aromatic carbocycles. The fraction of sp³-hybridized carbons (Fsp3) is 0.438. The number of aromatic amines is 1. The number of piperidine rings is 1. The molecular weight excluding hydrogens is 434 g/mol. The molecule has 8 nitrogen and oxygen atoms in total. The number of carbonyl (C=O) groups excluding carboxylic acids is 1. The van der Waals surface area contributed by atoms with Crippen LogP contribution in [0.5, 0.6) is 5.06 Å². The van der Waals surface area contributed by atoms with Crippen LogP contribution in [0.2, 0.25) is 10.0 Å². The Hall–Kier alpha value is -2.04. The minimum absolute atomic E-state index is 0.00263. The van der Waals surface area contributed by atoms with E-state index in [1.54, 1.807) is 18.7 Å². The number of carbonyl (C=O) groups is 2. The molecule has 1 aliphatic rings. The van der Waals surface area contributed by atoms with E-state index in [4.69, 9.17) is 28.3 Å². The van der Waals surface area contributed by atoms with E-state index in [9.17, 15) is 14.0 Å². The highest BCUT2D eigenvalue weighted by atomic mass is 35.5. The van der Waals surface area contributed by atoms with Gasteiger partial charge < -0.3 is 25.0 Å². The molecule has 0 unspecified atom stereocenters. The van der Waals surface area contributed by atoms with Crippen LogP contribution in [0.1, 0.15) is 28.3 Å². The van der Waals surface area contributed by atoms with Gasteiger partial charge in [0, 0.05) is 12.2 Å². The van der Waals surface area contributed by atoms with Crippen molar-refractivity contribution in [1.29, 1.82) is 0 Å². The highest BCUT2D eigenvalue weighted by Gasteiger charge is 2.33. The Morgan fingerprint density at radius 2 is 2.11 bits per heavy atom. The van der Waals surface area contributed by atoms with Crippen molar-refractivity contribution in [2.24, 2.45) is 0 Å². The molecular formula is C16H17Cl2FN4O4S. The lowest BCUT2D eigenvalue weighted by molar-refractivity contribution is 0.0894. The molecule has 0 radical (unpaired) electrons. The maximum atomic E-state index is 14.7. The van der Waals surface area contributed by atoms with E-state index in [2.05, 4.69) is 20.0 Å². The normalized spacial score (nSPS) is 19.5. The molecule has 0 saturated carbocycles. The van der Waals surface area contributed by atoms with Crippen LogP contribution in [-0.2, 0) is 0 Å². The van der Waals surface area contributed by atoms with Crippen molar-refractivity contribution in [3.05, 3.63) is 27.1 Å². The molecule has 1 fully saturated rings. The summed E-state index contributed by atoms with van der Waals surface area (Å²) in [6.45, 7) is 3.73. The molecule has 28 heavy (non-hydrogen) atoms. The minimum atomic E-state index is -1.43. The maximum Gasteiger partial charge on any atom is 0.512 e. The number of alkyl halides is 1. The number of H-pyrrole nitrogens is 1. The molecule has 0 aliphatic carbocycles. The monoisotopic (exact) mass is 450 g/mol. The molecule has 0 bridgehead atoms. The number of rotatable bonds is 4. The van der Waals surface area contributed by atoms with Crippen molar-refractivity contribution >= 4 is 51.7 Å². The van der Waals surface area contributed by atoms with Crippen molar-refractivity contribution in [3.8, 4) is 5.06 Å². The Balaban J connectivity index is 1.64.